The second-order valence-electron chi connectivity index (χ2n) is 5.08. The quantitative estimate of drug-likeness (QED) is 0.799. The number of hydrogen-bond acceptors (Lipinski definition) is 1. The first-order chi connectivity index (χ1) is 8.58. The van der Waals surface area contributed by atoms with Crippen molar-refractivity contribution in [3.8, 4) is 0 Å². The van der Waals surface area contributed by atoms with E-state index in [1.165, 1.54) is 10.8 Å². The standard InChI is InChI=1S/C16H19NO/c1-12(2)10-16(18)17(3)15-9-8-13-6-4-5-7-14(13)11-15/h4-9,11-12H,10H2,1-3H3. The van der Waals surface area contributed by atoms with Crippen LogP contribution >= 0.6 is 0 Å². The molecule has 0 spiro atoms. The maximum Gasteiger partial charge on any atom is 0.226 e. The van der Waals surface area contributed by atoms with Gasteiger partial charge in [0.05, 0.1) is 0 Å². The van der Waals surface area contributed by atoms with Crippen LogP contribution < -0.4 is 4.90 Å². The predicted octanol–water partition coefficient (Wildman–Crippen LogP) is 3.85. The molecule has 2 heteroatoms. The molecule has 2 aromatic rings. The Bertz CT molecular complexity index is 560. The van der Waals surface area contributed by atoms with Gasteiger partial charge in [0.1, 0.15) is 0 Å². The molecule has 1 amide bonds. The molecule has 94 valence electrons. The molecule has 0 bridgehead atoms. The maximum absolute atomic E-state index is 12.0. The first-order valence-corrected chi connectivity index (χ1v) is 6.33. The maximum atomic E-state index is 12.0. The molecule has 18 heavy (non-hydrogen) atoms. The van der Waals surface area contributed by atoms with Gasteiger partial charge in [0.15, 0.2) is 0 Å². The van der Waals surface area contributed by atoms with Gasteiger partial charge in [-0.15, -0.1) is 0 Å². The SMILES string of the molecule is CC(C)CC(=O)N(C)c1ccc2ccccc2c1. The van der Waals surface area contributed by atoms with Crippen molar-refractivity contribution in [1.82, 2.24) is 0 Å². The van der Waals surface area contributed by atoms with Gasteiger partial charge in [-0.05, 0) is 28.8 Å². The number of carbonyl (C=O) groups excluding carboxylic acids is 1. The molecule has 0 fully saturated rings. The van der Waals surface area contributed by atoms with Gasteiger partial charge < -0.3 is 4.90 Å². The molecule has 2 rings (SSSR count). The van der Waals surface area contributed by atoms with Gasteiger partial charge in [-0.1, -0.05) is 44.2 Å². The van der Waals surface area contributed by atoms with Gasteiger partial charge in [-0.2, -0.15) is 0 Å². The fraction of sp³-hybridized carbons (Fsp3) is 0.312. The van der Waals surface area contributed by atoms with E-state index in [-0.39, 0.29) is 5.91 Å². The van der Waals surface area contributed by atoms with Crippen LogP contribution in [0.25, 0.3) is 10.8 Å². The predicted molar refractivity (Wildman–Crippen MR) is 76.8 cm³/mol. The van der Waals surface area contributed by atoms with E-state index >= 15 is 0 Å². The minimum atomic E-state index is 0.167. The Labute approximate surface area is 108 Å². The highest BCUT2D eigenvalue weighted by atomic mass is 16.2. The third kappa shape index (κ3) is 2.70. The van der Waals surface area contributed by atoms with Crippen LogP contribution in [0.15, 0.2) is 42.5 Å². The summed E-state index contributed by atoms with van der Waals surface area (Å²) in [7, 11) is 1.84. The number of benzene rings is 2. The van der Waals surface area contributed by atoms with E-state index in [2.05, 4.69) is 38.1 Å². The van der Waals surface area contributed by atoms with Crippen LogP contribution in [0.2, 0.25) is 0 Å². The van der Waals surface area contributed by atoms with E-state index in [1.807, 2.05) is 25.2 Å². The summed E-state index contributed by atoms with van der Waals surface area (Å²) in [6.45, 7) is 4.12. The van der Waals surface area contributed by atoms with Gasteiger partial charge in [0.25, 0.3) is 0 Å². The van der Waals surface area contributed by atoms with Crippen molar-refractivity contribution in [3.63, 3.8) is 0 Å². The highest BCUT2D eigenvalue weighted by molar-refractivity contribution is 5.96. The molecule has 0 saturated heterocycles. The third-order valence-electron chi connectivity index (χ3n) is 3.08. The van der Waals surface area contributed by atoms with Crippen LogP contribution in [-0.4, -0.2) is 13.0 Å². The lowest BCUT2D eigenvalue weighted by atomic mass is 10.1. The van der Waals surface area contributed by atoms with Gasteiger partial charge in [-0.25, -0.2) is 0 Å². The third-order valence-corrected chi connectivity index (χ3v) is 3.08. The Hall–Kier alpha value is -1.83. The summed E-state index contributed by atoms with van der Waals surface area (Å²) < 4.78 is 0. The van der Waals surface area contributed by atoms with Crippen molar-refractivity contribution < 1.29 is 4.79 Å². The molecule has 2 aromatic carbocycles. The minimum absolute atomic E-state index is 0.167. The van der Waals surface area contributed by atoms with Crippen LogP contribution in [0.1, 0.15) is 20.3 Å². The molecular formula is C16H19NO. The summed E-state index contributed by atoms with van der Waals surface area (Å²) >= 11 is 0. The first-order valence-electron chi connectivity index (χ1n) is 6.33. The molecular weight excluding hydrogens is 222 g/mol. The Kier molecular flexibility index (Phi) is 3.66. The normalized spacial score (nSPS) is 10.9. The highest BCUT2D eigenvalue weighted by Gasteiger charge is 2.12. The Morgan fingerprint density at radius 2 is 1.78 bits per heavy atom. The fourth-order valence-corrected chi connectivity index (χ4v) is 2.02. The summed E-state index contributed by atoms with van der Waals surface area (Å²) in [4.78, 5) is 13.8. The molecule has 0 unspecified atom stereocenters. The van der Waals surface area contributed by atoms with Gasteiger partial charge in [0, 0.05) is 19.2 Å². The Balaban J connectivity index is 2.27. The zero-order valence-electron chi connectivity index (χ0n) is 11.2. The van der Waals surface area contributed by atoms with E-state index in [1.54, 1.807) is 4.90 Å². The minimum Gasteiger partial charge on any atom is -0.315 e. The van der Waals surface area contributed by atoms with Crippen molar-refractivity contribution in [3.05, 3.63) is 42.5 Å². The molecule has 0 aromatic heterocycles. The van der Waals surface area contributed by atoms with Crippen molar-refractivity contribution in [2.45, 2.75) is 20.3 Å². The van der Waals surface area contributed by atoms with Crippen molar-refractivity contribution in [2.24, 2.45) is 5.92 Å². The zero-order chi connectivity index (χ0) is 13.1. The number of carbonyl (C=O) groups is 1. The lowest BCUT2D eigenvalue weighted by Gasteiger charge is -2.19. The van der Waals surface area contributed by atoms with Crippen LogP contribution in [0.3, 0.4) is 0 Å². The van der Waals surface area contributed by atoms with E-state index in [0.717, 1.165) is 5.69 Å². The molecule has 0 saturated carbocycles. The summed E-state index contributed by atoms with van der Waals surface area (Å²) in [5, 5.41) is 2.37. The summed E-state index contributed by atoms with van der Waals surface area (Å²) in [5.41, 5.74) is 0.958. The highest BCUT2D eigenvalue weighted by Crippen LogP contribution is 2.22. The number of anilines is 1. The lowest BCUT2D eigenvalue weighted by Crippen LogP contribution is -2.27. The zero-order valence-corrected chi connectivity index (χ0v) is 11.2. The summed E-state index contributed by atoms with van der Waals surface area (Å²) in [6.07, 6.45) is 0.587. The van der Waals surface area contributed by atoms with E-state index < -0.39 is 0 Å². The van der Waals surface area contributed by atoms with Gasteiger partial charge in [0.2, 0.25) is 5.91 Å². The second-order valence-corrected chi connectivity index (χ2v) is 5.08. The number of hydrogen-bond donors (Lipinski definition) is 0. The average molecular weight is 241 g/mol. The molecule has 0 atom stereocenters. The number of rotatable bonds is 3. The van der Waals surface area contributed by atoms with E-state index in [9.17, 15) is 4.79 Å². The van der Waals surface area contributed by atoms with Crippen molar-refractivity contribution in [1.29, 1.82) is 0 Å². The number of amides is 1. The Morgan fingerprint density at radius 1 is 1.11 bits per heavy atom. The largest absolute Gasteiger partial charge is 0.315 e. The van der Waals surface area contributed by atoms with Crippen molar-refractivity contribution in [2.75, 3.05) is 11.9 Å². The molecule has 0 aliphatic rings. The topological polar surface area (TPSA) is 20.3 Å². The molecule has 0 aliphatic carbocycles. The van der Waals surface area contributed by atoms with Gasteiger partial charge in [-0.3, -0.25) is 4.79 Å². The van der Waals surface area contributed by atoms with Crippen LogP contribution in [0, 0.1) is 5.92 Å². The number of fused-ring (bicyclic) bond motifs is 1. The van der Waals surface area contributed by atoms with Crippen LogP contribution in [-0.2, 0) is 4.79 Å². The molecule has 0 aliphatic heterocycles. The lowest BCUT2D eigenvalue weighted by molar-refractivity contribution is -0.119. The van der Waals surface area contributed by atoms with Crippen LogP contribution in [0.4, 0.5) is 5.69 Å². The first kappa shape index (κ1) is 12.6. The molecule has 0 heterocycles. The van der Waals surface area contributed by atoms with Crippen LogP contribution in [0.5, 0.6) is 0 Å². The monoisotopic (exact) mass is 241 g/mol. The van der Waals surface area contributed by atoms with E-state index in [0.29, 0.717) is 12.3 Å². The average Bonchev–Trinajstić information content (AvgIpc) is 2.36. The summed E-state index contributed by atoms with van der Waals surface area (Å²) in [6, 6.07) is 14.3. The fourth-order valence-electron chi connectivity index (χ4n) is 2.02. The molecule has 2 nitrogen and oxygen atoms in total. The van der Waals surface area contributed by atoms with E-state index in [4.69, 9.17) is 0 Å². The molecule has 0 N–H and O–H groups in total. The molecule has 0 radical (unpaired) electrons. The van der Waals surface area contributed by atoms with Gasteiger partial charge >= 0.3 is 0 Å². The smallest absolute Gasteiger partial charge is 0.226 e. The van der Waals surface area contributed by atoms with Crippen molar-refractivity contribution >= 4 is 22.4 Å². The summed E-state index contributed by atoms with van der Waals surface area (Å²) in [5.74, 6) is 0.556. The second kappa shape index (κ2) is 5.21. The Morgan fingerprint density at radius 3 is 2.44 bits per heavy atom. The number of nitrogens with zero attached hydrogens (tertiary/aromatic N) is 1.